The van der Waals surface area contributed by atoms with E-state index < -0.39 is 121 Å². The number of nitrogens with one attached hydrogen (secondary N) is 1. The van der Waals surface area contributed by atoms with Crippen molar-refractivity contribution < 1.29 is 66.0 Å². The molecule has 12 N–H and O–H groups in total. The lowest BCUT2D eigenvalue weighted by Crippen LogP contribution is -2.21. The van der Waals surface area contributed by atoms with Gasteiger partial charge in [-0.3, -0.25) is 18.4 Å². The second kappa shape index (κ2) is 18.8. The van der Waals surface area contributed by atoms with Gasteiger partial charge in [-0.25, -0.2) is 16.8 Å². The maximum atomic E-state index is 13.1. The molecule has 0 aliphatic heterocycles. The van der Waals surface area contributed by atoms with Crippen molar-refractivity contribution in [2.75, 3.05) is 29.6 Å². The molecule has 0 unspecified atom stereocenters. The molecule has 0 saturated heterocycles. The van der Waals surface area contributed by atoms with Gasteiger partial charge in [-0.05, 0) is 84.9 Å². The normalized spacial score (nSPS) is 13.1. The highest BCUT2D eigenvalue weighted by Crippen LogP contribution is 2.48. The van der Waals surface area contributed by atoms with Gasteiger partial charge in [0.05, 0.1) is 50.3 Å². The van der Waals surface area contributed by atoms with Crippen molar-refractivity contribution in [2.24, 2.45) is 30.7 Å². The van der Waals surface area contributed by atoms with E-state index in [1.165, 1.54) is 24.3 Å². The van der Waals surface area contributed by atoms with Gasteiger partial charge in [0, 0.05) is 16.8 Å². The number of sulfonamides is 1. The smallest absolute Gasteiger partial charge is 0.296 e. The lowest BCUT2D eigenvalue weighted by molar-refractivity contribution is 0.319. The Morgan fingerprint density at radius 1 is 0.636 bits per heavy atom. The Balaban J connectivity index is 1.49. The van der Waals surface area contributed by atoms with E-state index in [9.17, 15) is 60.9 Å². The third-order valence-corrected chi connectivity index (χ3v) is 14.3. The number of hydrogen-bond donors (Lipinski definition) is 9. The first-order valence-corrected chi connectivity index (χ1v) is 25.1. The van der Waals surface area contributed by atoms with Crippen LogP contribution >= 0.6 is 0 Å². The van der Waals surface area contributed by atoms with Gasteiger partial charge in [0.25, 0.3) is 40.4 Å². The number of azo groups is 3. The lowest BCUT2D eigenvalue weighted by atomic mass is 10.0. The Bertz CT molecular complexity index is 3540. The highest BCUT2D eigenvalue weighted by molar-refractivity contribution is 7.91. The molecule has 5 aromatic carbocycles. The zero-order valence-electron chi connectivity index (χ0n) is 33.2. The van der Waals surface area contributed by atoms with Crippen LogP contribution in [0.5, 0.6) is 5.75 Å². The van der Waals surface area contributed by atoms with Crippen molar-refractivity contribution >= 4 is 106 Å². The van der Waals surface area contributed by atoms with Crippen molar-refractivity contribution in [3.8, 4) is 5.75 Å². The Morgan fingerprint density at radius 2 is 1.23 bits per heavy atom. The number of nitrogens with zero attached hydrogens (tertiary/aromatic N) is 6. The van der Waals surface area contributed by atoms with Crippen LogP contribution in [0, 0.1) is 0 Å². The van der Waals surface area contributed by atoms with Crippen LogP contribution in [0.4, 0.5) is 45.5 Å². The standard InChI is InChI=1S/C36H34N10O15S5/c1-19(40-42-27-11-5-21(37)15-26(27)38)3-4-20(2)46-63(51,52)23-8-6-22(7-9-23)41-44-29-18-30(64(53,54)55)25-17-32(66(59,60)61)35(36(48)33(25)34(29)39)45-43-28-12-10-24(62(49,50)14-13-47)16-31(28)65(56,57)58/h3-12,15-18,46-48H,1-2,13-14,37-39H2,(H,53,54,55)(H,56,57,58)(H,59,60,61)/b4-3-,42-40?,44-41?,45-43?. The number of rotatable bonds is 17. The number of phenols is 1. The number of fused-ring (bicyclic) bond motifs is 1. The summed E-state index contributed by atoms with van der Waals surface area (Å²) in [5.74, 6) is -2.20. The third kappa shape index (κ3) is 11.6. The Labute approximate surface area is 375 Å². The largest absolute Gasteiger partial charge is 0.505 e. The summed E-state index contributed by atoms with van der Waals surface area (Å²) in [6, 6.07) is 12.1. The molecule has 0 heterocycles. The van der Waals surface area contributed by atoms with E-state index in [0.717, 1.165) is 30.3 Å². The summed E-state index contributed by atoms with van der Waals surface area (Å²) in [7, 11) is -24.7. The summed E-state index contributed by atoms with van der Waals surface area (Å²) in [4.78, 5) is -4.70. The number of allylic oxidation sites excluding steroid dienone is 2. The fraction of sp³-hybridized carbons (Fsp3) is 0.0556. The predicted octanol–water partition coefficient (Wildman–Crippen LogP) is 5.27. The minimum absolute atomic E-state index is 0.0748. The van der Waals surface area contributed by atoms with Crippen LogP contribution in [0.25, 0.3) is 10.8 Å². The van der Waals surface area contributed by atoms with Crippen molar-refractivity contribution in [1.82, 2.24) is 4.72 Å². The zero-order chi connectivity index (χ0) is 49.2. The van der Waals surface area contributed by atoms with Gasteiger partial charge in [-0.15, -0.1) is 20.5 Å². The summed E-state index contributed by atoms with van der Waals surface area (Å²) >= 11 is 0. The van der Waals surface area contributed by atoms with Crippen LogP contribution in [0.15, 0.2) is 165 Å². The topological polar surface area (TPSA) is 436 Å². The number of aliphatic hydroxyl groups is 1. The monoisotopic (exact) mass is 1010 g/mol. The average molecular weight is 1010 g/mol. The highest BCUT2D eigenvalue weighted by atomic mass is 32.2. The summed E-state index contributed by atoms with van der Waals surface area (Å²) in [5.41, 5.74) is 15.3. The van der Waals surface area contributed by atoms with Gasteiger partial charge in [0.2, 0.25) is 0 Å². The number of aliphatic hydroxyl groups excluding tert-OH is 1. The van der Waals surface area contributed by atoms with Gasteiger partial charge >= 0.3 is 0 Å². The Hall–Kier alpha value is -7.03. The molecule has 348 valence electrons. The summed E-state index contributed by atoms with van der Waals surface area (Å²) in [5, 5.41) is 41.4. The van der Waals surface area contributed by atoms with Crippen LogP contribution < -0.4 is 21.9 Å². The van der Waals surface area contributed by atoms with Crippen molar-refractivity contribution in [2.45, 2.75) is 24.5 Å². The first kappa shape index (κ1) is 50.0. The number of nitrogens with two attached hydrogens (primary N) is 3. The molecule has 0 atom stereocenters. The predicted molar refractivity (Wildman–Crippen MR) is 237 cm³/mol. The Kier molecular flexibility index (Phi) is 14.3. The average Bonchev–Trinajstić information content (AvgIpc) is 3.20. The second-order valence-corrected chi connectivity index (χ2v) is 21.2. The molecule has 66 heavy (non-hydrogen) atoms. The molecule has 0 amide bonds. The van der Waals surface area contributed by atoms with Gasteiger partial charge in [0.15, 0.2) is 15.6 Å². The number of aromatic hydroxyl groups is 1. The van der Waals surface area contributed by atoms with Crippen LogP contribution in [0.1, 0.15) is 0 Å². The summed E-state index contributed by atoms with van der Waals surface area (Å²) in [6.45, 7) is 6.47. The number of phenolic OH excluding ortho intramolecular Hbond substituents is 1. The summed E-state index contributed by atoms with van der Waals surface area (Å²) < 4.78 is 158. The van der Waals surface area contributed by atoms with Gasteiger partial charge in [-0.1, -0.05) is 13.2 Å². The number of benzene rings is 5. The number of sulfone groups is 1. The molecule has 25 nitrogen and oxygen atoms in total. The zero-order valence-corrected chi connectivity index (χ0v) is 37.3. The second-order valence-electron chi connectivity index (χ2n) is 13.3. The first-order chi connectivity index (χ1) is 30.5. The van der Waals surface area contributed by atoms with Crippen molar-refractivity contribution in [3.63, 3.8) is 0 Å². The van der Waals surface area contributed by atoms with E-state index in [2.05, 4.69) is 48.6 Å². The van der Waals surface area contributed by atoms with E-state index in [4.69, 9.17) is 22.3 Å². The maximum Gasteiger partial charge on any atom is 0.296 e. The van der Waals surface area contributed by atoms with Crippen molar-refractivity contribution in [1.29, 1.82) is 0 Å². The maximum absolute atomic E-state index is 13.1. The van der Waals surface area contributed by atoms with E-state index in [1.54, 1.807) is 6.07 Å². The molecule has 0 aliphatic rings. The molecule has 5 aromatic rings. The molecule has 0 saturated carbocycles. The molecule has 0 bridgehead atoms. The highest BCUT2D eigenvalue weighted by Gasteiger charge is 2.29. The molecule has 0 aliphatic carbocycles. The summed E-state index contributed by atoms with van der Waals surface area (Å²) in [6.07, 6.45) is 2.57. The molecule has 0 radical (unpaired) electrons. The van der Waals surface area contributed by atoms with Gasteiger partial charge < -0.3 is 27.4 Å². The molecular formula is C36H34N10O15S5. The molecule has 0 spiro atoms. The molecule has 30 heteroatoms. The van der Waals surface area contributed by atoms with Gasteiger partial charge in [-0.2, -0.15) is 35.5 Å². The minimum Gasteiger partial charge on any atom is -0.505 e. The fourth-order valence-corrected chi connectivity index (χ4v) is 9.64. The van der Waals surface area contributed by atoms with E-state index in [1.807, 2.05) is 0 Å². The number of nitrogen functional groups attached to an aromatic ring is 3. The van der Waals surface area contributed by atoms with Crippen LogP contribution in [-0.2, 0) is 50.2 Å². The molecule has 0 aromatic heterocycles. The number of anilines is 3. The quantitative estimate of drug-likeness (QED) is 0.0248. The van der Waals surface area contributed by atoms with E-state index in [0.29, 0.717) is 35.6 Å². The molecular weight excluding hydrogens is 973 g/mol. The minimum atomic E-state index is -5.51. The molecule has 0 fully saturated rings. The number of hydrogen-bond acceptors (Lipinski definition) is 21. The van der Waals surface area contributed by atoms with Crippen LogP contribution in [0.2, 0.25) is 0 Å². The van der Waals surface area contributed by atoms with Crippen LogP contribution in [0.3, 0.4) is 0 Å². The van der Waals surface area contributed by atoms with Crippen LogP contribution in [-0.4, -0.2) is 78.3 Å². The lowest BCUT2D eigenvalue weighted by Gasteiger charge is -2.14. The van der Waals surface area contributed by atoms with Gasteiger partial charge in [0.1, 0.15) is 37.4 Å². The third-order valence-electron chi connectivity index (χ3n) is 8.56. The fourth-order valence-electron chi connectivity index (χ4n) is 5.50. The molecule has 5 rings (SSSR count). The van der Waals surface area contributed by atoms with E-state index >= 15 is 0 Å². The van der Waals surface area contributed by atoms with Crippen molar-refractivity contribution in [3.05, 3.63) is 110 Å². The Morgan fingerprint density at radius 3 is 1.82 bits per heavy atom. The van der Waals surface area contributed by atoms with E-state index in [-0.39, 0.29) is 27.7 Å². The first-order valence-electron chi connectivity index (χ1n) is 17.6. The SMILES string of the molecule is C=C(/C=C\C(=C)NS(=O)(=O)c1ccc(N=Nc2cc(S(=O)(=O)O)c3cc(S(=O)(=O)O)c(N=Nc4ccc(S(=O)(=O)CCO)cc4S(=O)(=O)O)c(O)c3c2N)cc1)N=Nc1ccc(N)cc1N.